The van der Waals surface area contributed by atoms with Crippen LogP contribution in [0.3, 0.4) is 0 Å². The van der Waals surface area contributed by atoms with Crippen LogP contribution in [0.4, 0.5) is 0 Å². The molecule has 1 aliphatic rings. The van der Waals surface area contributed by atoms with E-state index in [1.165, 1.54) is 0 Å². The molecule has 0 aromatic heterocycles. The van der Waals surface area contributed by atoms with Gasteiger partial charge in [0.2, 0.25) is 5.91 Å². The fraction of sp³-hybridized carbons (Fsp3) is 0.714. The molecule has 0 aromatic carbocycles. The van der Waals surface area contributed by atoms with Gasteiger partial charge in [0, 0.05) is 5.92 Å². The Kier molecular flexibility index (Phi) is 1.85. The van der Waals surface area contributed by atoms with Crippen molar-refractivity contribution in [2.24, 2.45) is 11.8 Å². The number of carboxylic acid groups (broad SMARTS) is 1. The quantitative estimate of drug-likeness (QED) is 0.556. The van der Waals surface area contributed by atoms with Crippen LogP contribution in [0.1, 0.15) is 13.8 Å². The molecule has 11 heavy (non-hydrogen) atoms. The molecular formula is C7H11NO3. The van der Waals surface area contributed by atoms with Crippen LogP contribution in [0.15, 0.2) is 0 Å². The Hall–Kier alpha value is -1.06. The highest BCUT2D eigenvalue weighted by molar-refractivity contribution is 5.89. The second-order valence-electron chi connectivity index (χ2n) is 2.97. The summed E-state index contributed by atoms with van der Waals surface area (Å²) in [7, 11) is 0. The molecular weight excluding hydrogens is 146 g/mol. The highest BCUT2D eigenvalue weighted by Crippen LogP contribution is 2.22. The van der Waals surface area contributed by atoms with Crippen molar-refractivity contribution in [2.75, 3.05) is 0 Å². The standard InChI is InChI=1S/C7H11NO3/c1-3-4(2)6(9)8-5(3)7(10)11/h3-5H,1-2H3,(H,8,9)(H,10,11). The average molecular weight is 157 g/mol. The third-order valence-electron chi connectivity index (χ3n) is 2.29. The normalized spacial score (nSPS) is 36.9. The third kappa shape index (κ3) is 1.20. The van der Waals surface area contributed by atoms with Gasteiger partial charge in [0.1, 0.15) is 6.04 Å². The van der Waals surface area contributed by atoms with Crippen LogP contribution in [0.2, 0.25) is 0 Å². The zero-order chi connectivity index (χ0) is 8.59. The number of carbonyl (C=O) groups excluding carboxylic acids is 1. The molecule has 3 unspecified atom stereocenters. The highest BCUT2D eigenvalue weighted by atomic mass is 16.4. The lowest BCUT2D eigenvalue weighted by atomic mass is 9.94. The maximum absolute atomic E-state index is 10.9. The highest BCUT2D eigenvalue weighted by Gasteiger charge is 2.40. The molecule has 1 fully saturated rings. The Morgan fingerprint density at radius 3 is 2.27 bits per heavy atom. The van der Waals surface area contributed by atoms with Crippen LogP contribution in [-0.4, -0.2) is 23.0 Å². The van der Waals surface area contributed by atoms with E-state index in [1.54, 1.807) is 13.8 Å². The van der Waals surface area contributed by atoms with E-state index in [1.807, 2.05) is 0 Å². The smallest absolute Gasteiger partial charge is 0.326 e. The summed E-state index contributed by atoms with van der Waals surface area (Å²) in [5.41, 5.74) is 0. The Morgan fingerprint density at radius 2 is 2.09 bits per heavy atom. The minimum Gasteiger partial charge on any atom is -0.480 e. The molecule has 3 atom stereocenters. The number of rotatable bonds is 1. The third-order valence-corrected chi connectivity index (χ3v) is 2.29. The molecule has 4 nitrogen and oxygen atoms in total. The number of hydrogen-bond donors (Lipinski definition) is 2. The minimum atomic E-state index is -0.949. The maximum atomic E-state index is 10.9. The number of nitrogens with one attached hydrogen (secondary N) is 1. The van der Waals surface area contributed by atoms with E-state index in [9.17, 15) is 9.59 Å². The van der Waals surface area contributed by atoms with Crippen molar-refractivity contribution in [1.29, 1.82) is 0 Å². The van der Waals surface area contributed by atoms with Crippen LogP contribution >= 0.6 is 0 Å². The Labute approximate surface area is 64.6 Å². The molecule has 1 amide bonds. The van der Waals surface area contributed by atoms with Gasteiger partial charge < -0.3 is 10.4 Å². The lowest BCUT2D eigenvalue weighted by Gasteiger charge is -2.10. The molecule has 1 aliphatic heterocycles. The van der Waals surface area contributed by atoms with Crippen molar-refractivity contribution >= 4 is 11.9 Å². The molecule has 62 valence electrons. The number of carboxylic acids is 1. The lowest BCUT2D eigenvalue weighted by Crippen LogP contribution is -2.35. The van der Waals surface area contributed by atoms with E-state index in [2.05, 4.69) is 5.32 Å². The Bertz CT molecular complexity index is 202. The van der Waals surface area contributed by atoms with E-state index in [-0.39, 0.29) is 17.7 Å². The topological polar surface area (TPSA) is 66.4 Å². The zero-order valence-corrected chi connectivity index (χ0v) is 6.50. The van der Waals surface area contributed by atoms with Gasteiger partial charge in [-0.05, 0) is 5.92 Å². The summed E-state index contributed by atoms with van der Waals surface area (Å²) in [4.78, 5) is 21.4. The minimum absolute atomic E-state index is 0.111. The molecule has 0 spiro atoms. The Balaban J connectivity index is 2.74. The molecule has 1 heterocycles. The maximum Gasteiger partial charge on any atom is 0.326 e. The van der Waals surface area contributed by atoms with Gasteiger partial charge >= 0.3 is 5.97 Å². The molecule has 0 aliphatic carbocycles. The van der Waals surface area contributed by atoms with Gasteiger partial charge in [-0.15, -0.1) is 0 Å². The van der Waals surface area contributed by atoms with Crippen LogP contribution in [0.25, 0.3) is 0 Å². The van der Waals surface area contributed by atoms with Crippen LogP contribution < -0.4 is 5.32 Å². The average Bonchev–Trinajstić information content (AvgIpc) is 2.17. The van der Waals surface area contributed by atoms with Crippen molar-refractivity contribution in [2.45, 2.75) is 19.9 Å². The van der Waals surface area contributed by atoms with Crippen LogP contribution in [-0.2, 0) is 9.59 Å². The van der Waals surface area contributed by atoms with Gasteiger partial charge in [-0.25, -0.2) is 4.79 Å². The van der Waals surface area contributed by atoms with Gasteiger partial charge in [0.05, 0.1) is 0 Å². The monoisotopic (exact) mass is 157 g/mol. The van der Waals surface area contributed by atoms with Crippen molar-refractivity contribution in [3.05, 3.63) is 0 Å². The first kappa shape index (κ1) is 8.04. The van der Waals surface area contributed by atoms with Crippen molar-refractivity contribution < 1.29 is 14.7 Å². The van der Waals surface area contributed by atoms with Crippen LogP contribution in [0.5, 0.6) is 0 Å². The van der Waals surface area contributed by atoms with Gasteiger partial charge in [-0.1, -0.05) is 13.8 Å². The summed E-state index contributed by atoms with van der Waals surface area (Å²) in [6.07, 6.45) is 0. The van der Waals surface area contributed by atoms with Gasteiger partial charge in [0.15, 0.2) is 0 Å². The first-order chi connectivity index (χ1) is 5.04. The van der Waals surface area contributed by atoms with E-state index in [0.29, 0.717) is 0 Å². The van der Waals surface area contributed by atoms with Gasteiger partial charge in [0.25, 0.3) is 0 Å². The predicted octanol–water partition coefficient (Wildman–Crippen LogP) is -0.158. The predicted molar refractivity (Wildman–Crippen MR) is 37.9 cm³/mol. The SMILES string of the molecule is CC1C(=O)NC(C(=O)O)C1C. The van der Waals surface area contributed by atoms with Gasteiger partial charge in [-0.3, -0.25) is 4.79 Å². The largest absolute Gasteiger partial charge is 0.480 e. The number of carbonyl (C=O) groups is 2. The van der Waals surface area contributed by atoms with Crippen LogP contribution in [0, 0.1) is 11.8 Å². The summed E-state index contributed by atoms with van der Waals surface area (Å²) in [6, 6.07) is -0.697. The van der Waals surface area contributed by atoms with E-state index >= 15 is 0 Å². The number of hydrogen-bond acceptors (Lipinski definition) is 2. The first-order valence-electron chi connectivity index (χ1n) is 3.57. The fourth-order valence-corrected chi connectivity index (χ4v) is 1.23. The van der Waals surface area contributed by atoms with Crippen molar-refractivity contribution in [3.8, 4) is 0 Å². The molecule has 0 saturated carbocycles. The summed E-state index contributed by atoms with van der Waals surface area (Å²) in [5.74, 6) is -1.41. The Morgan fingerprint density at radius 1 is 1.55 bits per heavy atom. The van der Waals surface area contributed by atoms with E-state index in [0.717, 1.165) is 0 Å². The lowest BCUT2D eigenvalue weighted by molar-refractivity contribution is -0.140. The first-order valence-corrected chi connectivity index (χ1v) is 3.57. The number of amides is 1. The molecule has 0 bridgehead atoms. The molecule has 4 heteroatoms. The molecule has 1 saturated heterocycles. The summed E-state index contributed by atoms with van der Waals surface area (Å²) >= 11 is 0. The van der Waals surface area contributed by atoms with E-state index in [4.69, 9.17) is 5.11 Å². The summed E-state index contributed by atoms with van der Waals surface area (Å²) in [6.45, 7) is 3.50. The molecule has 2 N–H and O–H groups in total. The van der Waals surface area contributed by atoms with Gasteiger partial charge in [-0.2, -0.15) is 0 Å². The molecule has 1 rings (SSSR count). The molecule has 0 aromatic rings. The summed E-state index contributed by atoms with van der Waals surface area (Å²) in [5, 5.41) is 11.0. The van der Waals surface area contributed by atoms with E-state index < -0.39 is 12.0 Å². The summed E-state index contributed by atoms with van der Waals surface area (Å²) < 4.78 is 0. The fourth-order valence-electron chi connectivity index (χ4n) is 1.23. The van der Waals surface area contributed by atoms with Crippen molar-refractivity contribution in [1.82, 2.24) is 5.32 Å². The second kappa shape index (κ2) is 2.53. The zero-order valence-electron chi connectivity index (χ0n) is 6.50. The molecule has 0 radical (unpaired) electrons. The second-order valence-corrected chi connectivity index (χ2v) is 2.97. The number of aliphatic carboxylic acids is 1. The van der Waals surface area contributed by atoms with Crippen molar-refractivity contribution in [3.63, 3.8) is 0 Å².